The summed E-state index contributed by atoms with van der Waals surface area (Å²) in [7, 11) is 0. The van der Waals surface area contributed by atoms with E-state index in [1.807, 2.05) is 54.7 Å². The molecule has 0 saturated heterocycles. The Balaban J connectivity index is 1.08. The summed E-state index contributed by atoms with van der Waals surface area (Å²) < 4.78 is 6.71. The zero-order valence-corrected chi connectivity index (χ0v) is 27.0. The van der Waals surface area contributed by atoms with Gasteiger partial charge in [-0.15, -0.1) is 0 Å². The molecular weight excluding hydrogens is 611 g/mol. The maximum absolute atomic E-state index is 6.71. The van der Waals surface area contributed by atoms with Crippen LogP contribution in [0.15, 0.2) is 176 Å². The summed E-state index contributed by atoms with van der Waals surface area (Å²) in [5, 5.41) is 0. The Morgan fingerprint density at radius 2 is 0.920 bits per heavy atom. The standard InChI is InChI=1S/C46H29N3O/c1-3-13-30(14-4-1)41-28-42(31-15-5-2-6-16-31)49-45(48-41)33-24-26-40(47-29-33)32-23-25-39-44(27-32)50-43-22-12-11-21-38(43)46(39)36-19-9-7-17-34(36)35-18-8-10-20-37(35)46/h1-29H. The molecule has 0 saturated carbocycles. The number of rotatable bonds is 4. The molecule has 0 fully saturated rings. The molecule has 0 amide bonds. The van der Waals surface area contributed by atoms with Crippen molar-refractivity contribution in [2.24, 2.45) is 0 Å². The Morgan fingerprint density at radius 3 is 1.54 bits per heavy atom. The van der Waals surface area contributed by atoms with Gasteiger partial charge in [0, 0.05) is 39.6 Å². The first-order valence-corrected chi connectivity index (χ1v) is 16.9. The summed E-state index contributed by atoms with van der Waals surface area (Å²) in [5.74, 6) is 2.34. The fraction of sp³-hybridized carbons (Fsp3) is 0.0217. The molecule has 0 bridgehead atoms. The van der Waals surface area contributed by atoms with Crippen molar-refractivity contribution < 1.29 is 4.74 Å². The quantitative estimate of drug-likeness (QED) is 0.192. The highest BCUT2D eigenvalue weighted by Gasteiger charge is 2.50. The third-order valence-electron chi connectivity index (χ3n) is 10.0. The molecule has 3 heterocycles. The Hall–Kier alpha value is -6.65. The average molecular weight is 640 g/mol. The van der Waals surface area contributed by atoms with E-state index >= 15 is 0 Å². The monoisotopic (exact) mass is 639 g/mol. The molecule has 0 radical (unpaired) electrons. The molecule has 0 unspecified atom stereocenters. The molecule has 1 aliphatic heterocycles. The topological polar surface area (TPSA) is 47.9 Å². The minimum Gasteiger partial charge on any atom is -0.457 e. The normalized spacial score (nSPS) is 13.1. The zero-order chi connectivity index (χ0) is 33.1. The van der Waals surface area contributed by atoms with E-state index < -0.39 is 5.41 Å². The van der Waals surface area contributed by atoms with Gasteiger partial charge in [0.05, 0.1) is 22.5 Å². The van der Waals surface area contributed by atoms with Gasteiger partial charge in [-0.3, -0.25) is 4.98 Å². The van der Waals surface area contributed by atoms with Gasteiger partial charge in [-0.1, -0.05) is 140 Å². The molecule has 1 spiro atoms. The summed E-state index contributed by atoms with van der Waals surface area (Å²) in [6, 6.07) is 59.2. The van der Waals surface area contributed by atoms with Crippen LogP contribution in [0.25, 0.3) is 56.3 Å². The maximum Gasteiger partial charge on any atom is 0.161 e. The SMILES string of the molecule is c1ccc(-c2cc(-c3ccccc3)nc(-c3ccc(-c4ccc5c(c4)Oc4ccccc4C54c5ccccc5-c5ccccc54)nc3)n2)cc1. The van der Waals surface area contributed by atoms with E-state index in [0.717, 1.165) is 62.0 Å². The van der Waals surface area contributed by atoms with Gasteiger partial charge >= 0.3 is 0 Å². The van der Waals surface area contributed by atoms with Gasteiger partial charge in [0.1, 0.15) is 11.5 Å². The lowest BCUT2D eigenvalue weighted by atomic mass is 9.66. The third kappa shape index (κ3) is 4.28. The summed E-state index contributed by atoms with van der Waals surface area (Å²) in [6.07, 6.45) is 1.87. The van der Waals surface area contributed by atoms with Crippen molar-refractivity contribution in [2.75, 3.05) is 0 Å². The van der Waals surface area contributed by atoms with Crippen LogP contribution in [0.4, 0.5) is 0 Å². The number of aromatic nitrogens is 3. The van der Waals surface area contributed by atoms with E-state index in [1.54, 1.807) is 0 Å². The predicted molar refractivity (Wildman–Crippen MR) is 199 cm³/mol. The highest BCUT2D eigenvalue weighted by molar-refractivity contribution is 5.89. The van der Waals surface area contributed by atoms with Gasteiger partial charge < -0.3 is 4.74 Å². The molecule has 50 heavy (non-hydrogen) atoms. The van der Waals surface area contributed by atoms with Crippen LogP contribution >= 0.6 is 0 Å². The molecule has 0 N–H and O–H groups in total. The largest absolute Gasteiger partial charge is 0.457 e. The lowest BCUT2D eigenvalue weighted by molar-refractivity contribution is 0.436. The van der Waals surface area contributed by atoms with E-state index in [1.165, 1.54) is 22.3 Å². The fourth-order valence-corrected chi connectivity index (χ4v) is 7.81. The first-order valence-electron chi connectivity index (χ1n) is 16.9. The molecule has 4 heteroatoms. The average Bonchev–Trinajstić information content (AvgIpc) is 3.49. The van der Waals surface area contributed by atoms with Crippen LogP contribution in [-0.4, -0.2) is 15.0 Å². The summed E-state index contributed by atoms with van der Waals surface area (Å²) in [5.41, 5.74) is 13.4. The van der Waals surface area contributed by atoms with Crippen LogP contribution < -0.4 is 4.74 Å². The van der Waals surface area contributed by atoms with Crippen molar-refractivity contribution in [1.82, 2.24) is 15.0 Å². The van der Waals surface area contributed by atoms with Crippen molar-refractivity contribution in [1.29, 1.82) is 0 Å². The van der Waals surface area contributed by atoms with Gasteiger partial charge in [-0.25, -0.2) is 9.97 Å². The van der Waals surface area contributed by atoms with Gasteiger partial charge in [-0.05, 0) is 52.6 Å². The van der Waals surface area contributed by atoms with E-state index in [9.17, 15) is 0 Å². The molecule has 10 rings (SSSR count). The van der Waals surface area contributed by atoms with Crippen molar-refractivity contribution in [3.63, 3.8) is 0 Å². The number of pyridine rings is 1. The smallest absolute Gasteiger partial charge is 0.161 e. The van der Waals surface area contributed by atoms with Crippen LogP contribution in [0.3, 0.4) is 0 Å². The Kier molecular flexibility index (Phi) is 6.36. The number of fused-ring (bicyclic) bond motifs is 9. The number of ether oxygens (including phenoxy) is 1. The highest BCUT2D eigenvalue weighted by Crippen LogP contribution is 2.62. The van der Waals surface area contributed by atoms with E-state index in [0.29, 0.717) is 5.82 Å². The van der Waals surface area contributed by atoms with Crippen molar-refractivity contribution in [3.05, 3.63) is 198 Å². The van der Waals surface area contributed by atoms with Crippen molar-refractivity contribution >= 4 is 0 Å². The van der Waals surface area contributed by atoms with Gasteiger partial charge in [-0.2, -0.15) is 0 Å². The molecule has 8 aromatic rings. The second-order valence-corrected chi connectivity index (χ2v) is 12.8. The minimum absolute atomic E-state index is 0.481. The summed E-state index contributed by atoms with van der Waals surface area (Å²) in [6.45, 7) is 0. The first kappa shape index (κ1) is 28.4. The third-order valence-corrected chi connectivity index (χ3v) is 10.0. The molecular formula is C46H29N3O. The second kappa shape index (κ2) is 11.2. The molecule has 2 aromatic heterocycles. The van der Waals surface area contributed by atoms with E-state index in [2.05, 4.69) is 121 Å². The highest BCUT2D eigenvalue weighted by atomic mass is 16.5. The Labute approximate surface area is 290 Å². The molecule has 6 aromatic carbocycles. The van der Waals surface area contributed by atoms with Crippen molar-refractivity contribution in [3.8, 4) is 67.8 Å². The Morgan fingerprint density at radius 1 is 0.380 bits per heavy atom. The van der Waals surface area contributed by atoms with E-state index in [-0.39, 0.29) is 0 Å². The lowest BCUT2D eigenvalue weighted by Gasteiger charge is -2.39. The number of hydrogen-bond donors (Lipinski definition) is 0. The molecule has 234 valence electrons. The van der Waals surface area contributed by atoms with Crippen LogP contribution in [0, 0.1) is 0 Å². The number of benzene rings is 6. The summed E-state index contributed by atoms with van der Waals surface area (Å²) in [4.78, 5) is 14.9. The van der Waals surface area contributed by atoms with Gasteiger partial charge in [0.25, 0.3) is 0 Å². The second-order valence-electron chi connectivity index (χ2n) is 12.8. The van der Waals surface area contributed by atoms with Crippen molar-refractivity contribution in [2.45, 2.75) is 5.41 Å². The zero-order valence-electron chi connectivity index (χ0n) is 27.0. The maximum atomic E-state index is 6.71. The van der Waals surface area contributed by atoms with Crippen LogP contribution in [0.5, 0.6) is 11.5 Å². The number of hydrogen-bond acceptors (Lipinski definition) is 4. The minimum atomic E-state index is -0.481. The summed E-state index contributed by atoms with van der Waals surface area (Å²) >= 11 is 0. The van der Waals surface area contributed by atoms with E-state index in [4.69, 9.17) is 19.7 Å². The molecule has 0 atom stereocenters. The molecule has 1 aliphatic carbocycles. The number of nitrogens with zero attached hydrogens (tertiary/aromatic N) is 3. The van der Waals surface area contributed by atoms with Crippen LogP contribution in [0.1, 0.15) is 22.3 Å². The predicted octanol–water partition coefficient (Wildman–Crippen LogP) is 11.0. The lowest BCUT2D eigenvalue weighted by Crippen LogP contribution is -2.32. The van der Waals surface area contributed by atoms with Gasteiger partial charge in [0.2, 0.25) is 0 Å². The number of para-hydroxylation sites is 1. The van der Waals surface area contributed by atoms with Crippen LogP contribution in [-0.2, 0) is 5.41 Å². The van der Waals surface area contributed by atoms with Crippen LogP contribution in [0.2, 0.25) is 0 Å². The molecule has 2 aliphatic rings. The Bertz CT molecular complexity index is 2460. The molecule has 4 nitrogen and oxygen atoms in total. The fourth-order valence-electron chi connectivity index (χ4n) is 7.81. The van der Waals surface area contributed by atoms with Gasteiger partial charge in [0.15, 0.2) is 5.82 Å². The first-order chi connectivity index (χ1) is 24.8.